The highest BCUT2D eigenvalue weighted by molar-refractivity contribution is 6.02. The molecule has 0 bridgehead atoms. The Balaban J connectivity index is 2.06. The van der Waals surface area contributed by atoms with Gasteiger partial charge in [0.05, 0.1) is 0 Å². The van der Waals surface area contributed by atoms with Crippen LogP contribution >= 0.6 is 0 Å². The Morgan fingerprint density at radius 3 is 2.43 bits per heavy atom. The topological polar surface area (TPSA) is 79.3 Å². The monoisotopic (exact) mass is 286 g/mol. The lowest BCUT2D eigenvalue weighted by atomic mass is 10.2. The summed E-state index contributed by atoms with van der Waals surface area (Å²) >= 11 is 0. The van der Waals surface area contributed by atoms with E-state index in [2.05, 4.69) is 10.3 Å². The summed E-state index contributed by atoms with van der Waals surface area (Å²) in [5.41, 5.74) is 1.19. The molecular formula is C15H11FN2O3. The van der Waals surface area contributed by atoms with Crippen molar-refractivity contribution in [3.05, 3.63) is 65.7 Å². The predicted molar refractivity (Wildman–Crippen MR) is 75.3 cm³/mol. The lowest BCUT2D eigenvalue weighted by Crippen LogP contribution is -2.13. The molecule has 1 heterocycles. The van der Waals surface area contributed by atoms with Crippen LogP contribution in [0.4, 0.5) is 10.1 Å². The van der Waals surface area contributed by atoms with Crippen molar-refractivity contribution >= 4 is 23.6 Å². The van der Waals surface area contributed by atoms with E-state index in [1.165, 1.54) is 42.6 Å². The maximum absolute atomic E-state index is 12.7. The average molecular weight is 286 g/mol. The van der Waals surface area contributed by atoms with Gasteiger partial charge >= 0.3 is 5.97 Å². The maximum Gasteiger partial charge on any atom is 0.328 e. The number of pyridine rings is 1. The van der Waals surface area contributed by atoms with Gasteiger partial charge in [-0.15, -0.1) is 0 Å². The number of hydrogen-bond donors (Lipinski definition) is 2. The van der Waals surface area contributed by atoms with E-state index in [9.17, 15) is 14.0 Å². The third-order valence-electron chi connectivity index (χ3n) is 2.54. The van der Waals surface area contributed by atoms with E-state index in [1.54, 1.807) is 6.07 Å². The molecular weight excluding hydrogens is 275 g/mol. The van der Waals surface area contributed by atoms with Crippen LogP contribution in [0.3, 0.4) is 0 Å². The second-order valence-electron chi connectivity index (χ2n) is 4.11. The number of anilines is 1. The van der Waals surface area contributed by atoms with Gasteiger partial charge in [-0.05, 0) is 42.0 Å². The first-order chi connectivity index (χ1) is 10.0. The number of nitrogens with zero attached hydrogens (tertiary/aromatic N) is 1. The lowest BCUT2D eigenvalue weighted by molar-refractivity contribution is -0.131. The van der Waals surface area contributed by atoms with Crippen LogP contribution in [0.1, 0.15) is 16.1 Å². The molecule has 2 aromatic rings. The number of rotatable bonds is 4. The van der Waals surface area contributed by atoms with E-state index < -0.39 is 11.9 Å². The molecule has 1 aromatic heterocycles. The Morgan fingerprint density at radius 1 is 1.14 bits per heavy atom. The Bertz CT molecular complexity index is 679. The predicted octanol–water partition coefficient (Wildman–Crippen LogP) is 2.57. The van der Waals surface area contributed by atoms with Crippen LogP contribution in [-0.4, -0.2) is 22.0 Å². The van der Waals surface area contributed by atoms with E-state index in [-0.39, 0.29) is 11.5 Å². The van der Waals surface area contributed by atoms with Crippen molar-refractivity contribution in [2.75, 3.05) is 5.32 Å². The van der Waals surface area contributed by atoms with Gasteiger partial charge in [-0.2, -0.15) is 0 Å². The zero-order valence-electron chi connectivity index (χ0n) is 10.8. The largest absolute Gasteiger partial charge is 0.478 e. The third kappa shape index (κ3) is 4.24. The first-order valence-electron chi connectivity index (χ1n) is 5.98. The fraction of sp³-hybridized carbons (Fsp3) is 0. The number of nitrogens with one attached hydrogen (secondary N) is 1. The molecule has 21 heavy (non-hydrogen) atoms. The fourth-order valence-corrected chi connectivity index (χ4v) is 1.53. The highest BCUT2D eigenvalue weighted by atomic mass is 19.1. The molecule has 0 fully saturated rings. The molecule has 0 aliphatic carbocycles. The number of benzene rings is 1. The van der Waals surface area contributed by atoms with Crippen LogP contribution < -0.4 is 5.32 Å². The standard InChI is InChI=1S/C15H11FN2O3/c16-11-3-5-12(6-4-11)18-15(21)13-7-1-10(9-17-13)2-8-14(19)20/h1-9H,(H,18,21)(H,19,20). The molecule has 1 amide bonds. The second-order valence-corrected chi connectivity index (χ2v) is 4.11. The van der Waals surface area contributed by atoms with Crippen LogP contribution in [0.5, 0.6) is 0 Å². The van der Waals surface area contributed by atoms with Crippen LogP contribution in [0.15, 0.2) is 48.7 Å². The number of halogens is 1. The van der Waals surface area contributed by atoms with Gasteiger partial charge in [-0.1, -0.05) is 6.07 Å². The van der Waals surface area contributed by atoms with Crippen LogP contribution in [0.25, 0.3) is 6.08 Å². The number of amides is 1. The number of carboxylic acids is 1. The van der Waals surface area contributed by atoms with Gasteiger partial charge in [-0.25, -0.2) is 9.18 Å². The fourth-order valence-electron chi connectivity index (χ4n) is 1.53. The molecule has 0 spiro atoms. The van der Waals surface area contributed by atoms with E-state index in [1.807, 2.05) is 0 Å². The summed E-state index contributed by atoms with van der Waals surface area (Å²) in [7, 11) is 0. The van der Waals surface area contributed by atoms with Gasteiger partial charge in [0.25, 0.3) is 5.91 Å². The minimum absolute atomic E-state index is 0.173. The number of carbonyl (C=O) groups excluding carboxylic acids is 1. The quantitative estimate of drug-likeness (QED) is 0.847. The summed E-state index contributed by atoms with van der Waals surface area (Å²) in [5.74, 6) is -1.89. The summed E-state index contributed by atoms with van der Waals surface area (Å²) in [6.07, 6.45) is 3.74. The SMILES string of the molecule is O=C(O)C=Cc1ccc(C(=O)Nc2ccc(F)cc2)nc1. The van der Waals surface area contributed by atoms with Crippen LogP contribution in [0.2, 0.25) is 0 Å². The number of carboxylic acid groups (broad SMARTS) is 1. The maximum atomic E-state index is 12.7. The molecule has 0 radical (unpaired) electrons. The van der Waals surface area contributed by atoms with Crippen LogP contribution in [-0.2, 0) is 4.79 Å². The Kier molecular flexibility index (Phi) is 4.40. The molecule has 2 N–H and O–H groups in total. The molecule has 0 saturated carbocycles. The van der Waals surface area contributed by atoms with Crippen molar-refractivity contribution in [1.29, 1.82) is 0 Å². The summed E-state index contributed by atoms with van der Waals surface area (Å²) in [6.45, 7) is 0. The Labute approximate surface area is 119 Å². The molecule has 6 heteroatoms. The molecule has 1 aromatic carbocycles. The molecule has 0 unspecified atom stereocenters. The molecule has 0 aliphatic heterocycles. The first-order valence-corrected chi connectivity index (χ1v) is 5.98. The number of hydrogen-bond acceptors (Lipinski definition) is 3. The number of aliphatic carboxylic acids is 1. The molecule has 0 atom stereocenters. The summed E-state index contributed by atoms with van der Waals surface area (Å²) in [5, 5.41) is 11.1. The third-order valence-corrected chi connectivity index (χ3v) is 2.54. The van der Waals surface area contributed by atoms with E-state index >= 15 is 0 Å². The molecule has 0 saturated heterocycles. The normalized spacial score (nSPS) is 10.5. The van der Waals surface area contributed by atoms with Gasteiger partial charge in [0.1, 0.15) is 11.5 Å². The van der Waals surface area contributed by atoms with Crippen molar-refractivity contribution in [3.63, 3.8) is 0 Å². The first kappa shape index (κ1) is 14.4. The van der Waals surface area contributed by atoms with Crippen molar-refractivity contribution < 1.29 is 19.1 Å². The smallest absolute Gasteiger partial charge is 0.328 e. The van der Waals surface area contributed by atoms with E-state index in [4.69, 9.17) is 5.11 Å². The van der Waals surface area contributed by atoms with Gasteiger partial charge in [-0.3, -0.25) is 9.78 Å². The van der Waals surface area contributed by atoms with Gasteiger partial charge in [0.15, 0.2) is 0 Å². The van der Waals surface area contributed by atoms with Crippen LogP contribution in [0, 0.1) is 5.82 Å². The van der Waals surface area contributed by atoms with Crippen molar-refractivity contribution in [3.8, 4) is 0 Å². The second kappa shape index (κ2) is 6.42. The zero-order chi connectivity index (χ0) is 15.2. The highest BCUT2D eigenvalue weighted by Gasteiger charge is 2.07. The highest BCUT2D eigenvalue weighted by Crippen LogP contribution is 2.10. The molecule has 2 rings (SSSR count). The van der Waals surface area contributed by atoms with Crippen molar-refractivity contribution in [2.24, 2.45) is 0 Å². The molecule has 5 nitrogen and oxygen atoms in total. The van der Waals surface area contributed by atoms with E-state index in [0.717, 1.165) is 6.08 Å². The van der Waals surface area contributed by atoms with Gasteiger partial charge in [0, 0.05) is 18.0 Å². The molecule has 0 aliphatic rings. The summed E-state index contributed by atoms with van der Waals surface area (Å²) in [4.78, 5) is 26.2. The van der Waals surface area contributed by atoms with Crippen molar-refractivity contribution in [1.82, 2.24) is 4.98 Å². The minimum atomic E-state index is -1.06. The average Bonchev–Trinajstić information content (AvgIpc) is 2.48. The van der Waals surface area contributed by atoms with Gasteiger partial charge in [0.2, 0.25) is 0 Å². The summed E-state index contributed by atoms with van der Waals surface area (Å²) < 4.78 is 12.7. The van der Waals surface area contributed by atoms with E-state index in [0.29, 0.717) is 11.3 Å². The summed E-state index contributed by atoms with van der Waals surface area (Å²) in [6, 6.07) is 8.41. The number of carbonyl (C=O) groups is 2. The zero-order valence-corrected chi connectivity index (χ0v) is 10.8. The minimum Gasteiger partial charge on any atom is -0.478 e. The van der Waals surface area contributed by atoms with Gasteiger partial charge < -0.3 is 10.4 Å². The molecule has 106 valence electrons. The van der Waals surface area contributed by atoms with Crippen molar-refractivity contribution in [2.45, 2.75) is 0 Å². The lowest BCUT2D eigenvalue weighted by Gasteiger charge is -2.04. The Hall–Kier alpha value is -3.02. The Morgan fingerprint density at radius 2 is 1.86 bits per heavy atom. The number of aromatic nitrogens is 1.